The molecule has 1 N–H and O–H groups in total. The van der Waals surface area contributed by atoms with Crippen molar-refractivity contribution < 1.29 is 5.11 Å². The van der Waals surface area contributed by atoms with Crippen molar-refractivity contribution in [2.75, 3.05) is 0 Å². The highest BCUT2D eigenvalue weighted by Gasteiger charge is 2.38. The van der Waals surface area contributed by atoms with Gasteiger partial charge in [-0.3, -0.25) is 0 Å². The third kappa shape index (κ3) is 2.47. The summed E-state index contributed by atoms with van der Waals surface area (Å²) in [5, 5.41) is 13.3. The summed E-state index contributed by atoms with van der Waals surface area (Å²) in [7, 11) is 0. The SMILES string of the molecule is CCC1(C(O)Cc2ccc3ccccc3c2)CCCC1. The first-order chi connectivity index (χ1) is 9.73. The van der Waals surface area contributed by atoms with E-state index in [1.54, 1.807) is 0 Å². The highest BCUT2D eigenvalue weighted by atomic mass is 16.3. The maximum atomic E-state index is 10.7. The average Bonchev–Trinajstić information content (AvgIpc) is 2.97. The monoisotopic (exact) mass is 268 g/mol. The fraction of sp³-hybridized carbons (Fsp3) is 0.474. The summed E-state index contributed by atoms with van der Waals surface area (Å²) >= 11 is 0. The van der Waals surface area contributed by atoms with E-state index >= 15 is 0 Å². The highest BCUT2D eigenvalue weighted by Crippen LogP contribution is 2.44. The molecule has 1 aliphatic rings. The zero-order valence-corrected chi connectivity index (χ0v) is 12.3. The molecule has 2 aromatic carbocycles. The number of benzene rings is 2. The zero-order valence-electron chi connectivity index (χ0n) is 12.3. The molecule has 0 aromatic heterocycles. The summed E-state index contributed by atoms with van der Waals surface area (Å²) in [5.41, 5.74) is 1.43. The van der Waals surface area contributed by atoms with E-state index in [4.69, 9.17) is 0 Å². The van der Waals surface area contributed by atoms with Gasteiger partial charge in [0.25, 0.3) is 0 Å². The van der Waals surface area contributed by atoms with Crippen LogP contribution in [0.3, 0.4) is 0 Å². The van der Waals surface area contributed by atoms with E-state index < -0.39 is 0 Å². The second kappa shape index (κ2) is 5.57. The van der Waals surface area contributed by atoms with Crippen LogP contribution < -0.4 is 0 Å². The molecule has 1 saturated carbocycles. The van der Waals surface area contributed by atoms with E-state index in [1.165, 1.54) is 42.0 Å². The fourth-order valence-electron chi connectivity index (χ4n) is 3.81. The van der Waals surface area contributed by atoms with Gasteiger partial charge in [0.2, 0.25) is 0 Å². The molecule has 0 saturated heterocycles. The number of hydrogen-bond acceptors (Lipinski definition) is 1. The predicted molar refractivity (Wildman–Crippen MR) is 84.9 cm³/mol. The van der Waals surface area contributed by atoms with Gasteiger partial charge in [-0.2, -0.15) is 0 Å². The van der Waals surface area contributed by atoms with Crippen molar-refractivity contribution in [1.29, 1.82) is 0 Å². The first kappa shape index (κ1) is 13.6. The molecule has 1 heteroatoms. The number of rotatable bonds is 4. The number of aliphatic hydroxyl groups excluding tert-OH is 1. The van der Waals surface area contributed by atoms with Gasteiger partial charge >= 0.3 is 0 Å². The molecule has 1 fully saturated rings. The Labute approximate surface area is 121 Å². The molecule has 106 valence electrons. The van der Waals surface area contributed by atoms with E-state index in [0.717, 1.165) is 12.8 Å². The minimum atomic E-state index is -0.198. The fourth-order valence-corrected chi connectivity index (χ4v) is 3.81. The lowest BCUT2D eigenvalue weighted by molar-refractivity contribution is 0.0257. The number of fused-ring (bicyclic) bond motifs is 1. The molecule has 1 atom stereocenters. The van der Waals surface area contributed by atoms with Crippen LogP contribution in [-0.2, 0) is 6.42 Å². The van der Waals surface area contributed by atoms with Crippen molar-refractivity contribution in [3.05, 3.63) is 48.0 Å². The molecule has 20 heavy (non-hydrogen) atoms. The molecular weight excluding hydrogens is 244 g/mol. The van der Waals surface area contributed by atoms with Gasteiger partial charge in [0.1, 0.15) is 0 Å². The Morgan fingerprint density at radius 3 is 2.45 bits per heavy atom. The van der Waals surface area contributed by atoms with Crippen LogP contribution in [0, 0.1) is 5.41 Å². The summed E-state index contributed by atoms with van der Waals surface area (Å²) in [4.78, 5) is 0. The number of aliphatic hydroxyl groups is 1. The Hall–Kier alpha value is -1.34. The first-order valence-electron chi connectivity index (χ1n) is 7.89. The van der Waals surface area contributed by atoms with Gasteiger partial charge < -0.3 is 5.11 Å². The van der Waals surface area contributed by atoms with Crippen LogP contribution in [0.5, 0.6) is 0 Å². The van der Waals surface area contributed by atoms with Crippen LogP contribution in [0.4, 0.5) is 0 Å². The molecule has 0 bridgehead atoms. The summed E-state index contributed by atoms with van der Waals surface area (Å²) in [6, 6.07) is 15.0. The molecule has 0 spiro atoms. The van der Waals surface area contributed by atoms with Gasteiger partial charge in [0, 0.05) is 0 Å². The summed E-state index contributed by atoms with van der Waals surface area (Å²) in [6.07, 6.45) is 6.64. The lowest BCUT2D eigenvalue weighted by Crippen LogP contribution is -2.33. The van der Waals surface area contributed by atoms with Gasteiger partial charge in [-0.1, -0.05) is 62.2 Å². The Morgan fingerprint density at radius 1 is 1.05 bits per heavy atom. The van der Waals surface area contributed by atoms with Gasteiger partial charge in [0.15, 0.2) is 0 Å². The highest BCUT2D eigenvalue weighted by molar-refractivity contribution is 5.82. The standard InChI is InChI=1S/C19H24O/c1-2-19(11-5-6-12-19)18(20)14-15-9-10-16-7-3-4-8-17(16)13-15/h3-4,7-10,13,18,20H,2,5-6,11-12,14H2,1H3. The second-order valence-corrected chi connectivity index (χ2v) is 6.32. The van der Waals surface area contributed by atoms with Gasteiger partial charge in [-0.25, -0.2) is 0 Å². The second-order valence-electron chi connectivity index (χ2n) is 6.32. The molecule has 2 aromatic rings. The smallest absolute Gasteiger partial charge is 0.0636 e. The maximum Gasteiger partial charge on any atom is 0.0636 e. The molecular formula is C19H24O. The van der Waals surface area contributed by atoms with Crippen LogP contribution in [0.1, 0.15) is 44.6 Å². The quantitative estimate of drug-likeness (QED) is 0.851. The van der Waals surface area contributed by atoms with Gasteiger partial charge in [-0.05, 0) is 47.4 Å². The Kier molecular flexibility index (Phi) is 3.80. The van der Waals surface area contributed by atoms with Crippen molar-refractivity contribution in [3.8, 4) is 0 Å². The summed E-state index contributed by atoms with van der Waals surface area (Å²) < 4.78 is 0. The van der Waals surface area contributed by atoms with Crippen LogP contribution in [0.25, 0.3) is 10.8 Å². The van der Waals surface area contributed by atoms with Crippen molar-refractivity contribution in [3.63, 3.8) is 0 Å². The molecule has 3 rings (SSSR count). The third-order valence-corrected chi connectivity index (χ3v) is 5.25. The topological polar surface area (TPSA) is 20.2 Å². The van der Waals surface area contributed by atoms with Crippen LogP contribution in [0.15, 0.2) is 42.5 Å². The normalized spacial score (nSPS) is 19.3. The van der Waals surface area contributed by atoms with E-state index in [9.17, 15) is 5.11 Å². The Balaban J connectivity index is 1.81. The third-order valence-electron chi connectivity index (χ3n) is 5.25. The van der Waals surface area contributed by atoms with Crippen molar-refractivity contribution in [2.45, 2.75) is 51.6 Å². The van der Waals surface area contributed by atoms with Crippen LogP contribution >= 0.6 is 0 Å². The van der Waals surface area contributed by atoms with Gasteiger partial charge in [-0.15, -0.1) is 0 Å². The average molecular weight is 268 g/mol. The molecule has 0 amide bonds. The Bertz CT molecular complexity index is 581. The number of hydrogen-bond donors (Lipinski definition) is 1. The van der Waals surface area contributed by atoms with E-state index in [2.05, 4.69) is 49.4 Å². The molecule has 0 aliphatic heterocycles. The van der Waals surface area contributed by atoms with E-state index in [1.807, 2.05) is 0 Å². The molecule has 0 heterocycles. The molecule has 0 radical (unpaired) electrons. The Morgan fingerprint density at radius 2 is 1.75 bits per heavy atom. The van der Waals surface area contributed by atoms with Crippen LogP contribution in [0.2, 0.25) is 0 Å². The lowest BCUT2D eigenvalue weighted by atomic mass is 9.75. The lowest BCUT2D eigenvalue weighted by Gasteiger charge is -2.33. The minimum Gasteiger partial charge on any atom is -0.392 e. The molecule has 1 aliphatic carbocycles. The van der Waals surface area contributed by atoms with Crippen LogP contribution in [-0.4, -0.2) is 11.2 Å². The molecule has 1 nitrogen and oxygen atoms in total. The van der Waals surface area contributed by atoms with E-state index in [0.29, 0.717) is 0 Å². The predicted octanol–water partition coefficient (Wildman–Crippen LogP) is 4.71. The van der Waals surface area contributed by atoms with Crippen molar-refractivity contribution in [1.82, 2.24) is 0 Å². The van der Waals surface area contributed by atoms with Crippen molar-refractivity contribution >= 4 is 10.8 Å². The largest absolute Gasteiger partial charge is 0.392 e. The van der Waals surface area contributed by atoms with E-state index in [-0.39, 0.29) is 11.5 Å². The molecule has 1 unspecified atom stereocenters. The summed E-state index contributed by atoms with van der Waals surface area (Å²) in [5.74, 6) is 0. The zero-order chi connectivity index (χ0) is 14.0. The summed E-state index contributed by atoms with van der Waals surface area (Å²) in [6.45, 7) is 2.23. The first-order valence-corrected chi connectivity index (χ1v) is 7.89. The maximum absolute atomic E-state index is 10.7. The van der Waals surface area contributed by atoms with Gasteiger partial charge in [0.05, 0.1) is 6.10 Å². The van der Waals surface area contributed by atoms with Crippen molar-refractivity contribution in [2.24, 2.45) is 5.41 Å². The minimum absolute atomic E-state index is 0.172.